The molecule has 1 saturated carbocycles. The Kier molecular flexibility index (Phi) is 5.08. The predicted octanol–water partition coefficient (Wildman–Crippen LogP) is 3.10. The summed E-state index contributed by atoms with van der Waals surface area (Å²) in [6.07, 6.45) is 1.89. The molecule has 0 aromatic heterocycles. The standard InChI is InChI=1S/C21H23FN2O4S/c1-13(21(25)26)24-19-5-3-2-4-17(19)18-12-15(8-11-20(18)24)23-29(27,28)16-9-6-14(22)7-10-16/h2-7,9-10,13,15,18,20,23H,8,11-12H2,1H3,(H,25,26). The summed E-state index contributed by atoms with van der Waals surface area (Å²) in [7, 11) is -3.75. The Bertz CT molecular complexity index is 1030. The summed E-state index contributed by atoms with van der Waals surface area (Å²) in [4.78, 5) is 13.6. The molecule has 2 aromatic rings. The zero-order chi connectivity index (χ0) is 20.8. The number of carbonyl (C=O) groups is 1. The van der Waals surface area contributed by atoms with Crippen LogP contribution in [0.15, 0.2) is 53.4 Å². The van der Waals surface area contributed by atoms with Crippen LogP contribution in [-0.4, -0.2) is 37.6 Å². The highest BCUT2D eigenvalue weighted by atomic mass is 32.2. The number of sulfonamides is 1. The topological polar surface area (TPSA) is 86.7 Å². The third-order valence-electron chi connectivity index (χ3n) is 6.01. The minimum atomic E-state index is -3.75. The molecule has 2 N–H and O–H groups in total. The van der Waals surface area contributed by atoms with Gasteiger partial charge in [0.25, 0.3) is 0 Å². The molecule has 8 heteroatoms. The van der Waals surface area contributed by atoms with Gasteiger partial charge in [-0.05, 0) is 62.1 Å². The van der Waals surface area contributed by atoms with Gasteiger partial charge in [0.1, 0.15) is 11.9 Å². The zero-order valence-electron chi connectivity index (χ0n) is 16.0. The zero-order valence-corrected chi connectivity index (χ0v) is 16.8. The van der Waals surface area contributed by atoms with Gasteiger partial charge in [-0.1, -0.05) is 18.2 Å². The third-order valence-corrected chi connectivity index (χ3v) is 7.54. The van der Waals surface area contributed by atoms with E-state index in [2.05, 4.69) is 4.72 Å². The molecule has 1 heterocycles. The molecular weight excluding hydrogens is 395 g/mol. The number of aliphatic carboxylic acids is 1. The average Bonchev–Trinajstić information content (AvgIpc) is 3.01. The largest absolute Gasteiger partial charge is 0.480 e. The van der Waals surface area contributed by atoms with E-state index in [1.54, 1.807) is 6.92 Å². The lowest BCUT2D eigenvalue weighted by molar-refractivity contribution is -0.138. The van der Waals surface area contributed by atoms with Crippen molar-refractivity contribution in [2.45, 2.75) is 55.1 Å². The van der Waals surface area contributed by atoms with Crippen LogP contribution in [0.1, 0.15) is 37.7 Å². The summed E-state index contributed by atoms with van der Waals surface area (Å²) in [5.41, 5.74) is 1.98. The average molecular weight is 418 g/mol. The Morgan fingerprint density at radius 3 is 2.55 bits per heavy atom. The van der Waals surface area contributed by atoms with E-state index in [0.29, 0.717) is 19.3 Å². The highest BCUT2D eigenvalue weighted by molar-refractivity contribution is 7.89. The number of para-hydroxylation sites is 1. The quantitative estimate of drug-likeness (QED) is 0.779. The Balaban J connectivity index is 1.57. The van der Waals surface area contributed by atoms with E-state index in [4.69, 9.17) is 0 Å². The number of carboxylic acids is 1. The summed E-state index contributed by atoms with van der Waals surface area (Å²) in [5, 5.41) is 9.55. The van der Waals surface area contributed by atoms with Crippen LogP contribution in [0.5, 0.6) is 0 Å². The van der Waals surface area contributed by atoms with E-state index in [0.717, 1.165) is 23.4 Å². The van der Waals surface area contributed by atoms with Gasteiger partial charge in [-0.3, -0.25) is 0 Å². The van der Waals surface area contributed by atoms with Crippen LogP contribution in [0.25, 0.3) is 0 Å². The van der Waals surface area contributed by atoms with Crippen LogP contribution >= 0.6 is 0 Å². The number of carboxylic acid groups (broad SMARTS) is 1. The maximum absolute atomic E-state index is 13.1. The van der Waals surface area contributed by atoms with Crippen LogP contribution in [0.4, 0.5) is 10.1 Å². The first kappa shape index (κ1) is 19.8. The van der Waals surface area contributed by atoms with Gasteiger partial charge in [-0.2, -0.15) is 0 Å². The van der Waals surface area contributed by atoms with Crippen LogP contribution in [0.3, 0.4) is 0 Å². The Labute approximate surface area is 169 Å². The van der Waals surface area contributed by atoms with Crippen molar-refractivity contribution in [3.05, 3.63) is 59.9 Å². The molecule has 2 aromatic carbocycles. The van der Waals surface area contributed by atoms with Crippen molar-refractivity contribution >= 4 is 21.7 Å². The third kappa shape index (κ3) is 3.62. The maximum Gasteiger partial charge on any atom is 0.326 e. The summed E-state index contributed by atoms with van der Waals surface area (Å²) in [6, 6.07) is 11.6. The smallest absolute Gasteiger partial charge is 0.326 e. The van der Waals surface area contributed by atoms with E-state index in [9.17, 15) is 22.7 Å². The van der Waals surface area contributed by atoms with Crippen molar-refractivity contribution in [2.75, 3.05) is 4.90 Å². The van der Waals surface area contributed by atoms with Gasteiger partial charge in [0, 0.05) is 23.7 Å². The number of hydrogen-bond acceptors (Lipinski definition) is 4. The van der Waals surface area contributed by atoms with E-state index in [1.165, 1.54) is 12.1 Å². The van der Waals surface area contributed by atoms with Crippen LogP contribution in [0.2, 0.25) is 0 Å². The molecule has 154 valence electrons. The van der Waals surface area contributed by atoms with Gasteiger partial charge in [-0.25, -0.2) is 22.3 Å². The van der Waals surface area contributed by atoms with Crippen LogP contribution in [-0.2, 0) is 14.8 Å². The first-order chi connectivity index (χ1) is 13.8. The second-order valence-electron chi connectivity index (χ2n) is 7.74. The highest BCUT2D eigenvalue weighted by Gasteiger charge is 2.45. The van der Waals surface area contributed by atoms with Crippen LogP contribution < -0.4 is 9.62 Å². The number of nitrogens with zero attached hydrogens (tertiary/aromatic N) is 1. The molecule has 0 saturated heterocycles. The fourth-order valence-corrected chi connectivity index (χ4v) is 5.94. The second-order valence-corrected chi connectivity index (χ2v) is 9.45. The Morgan fingerprint density at radius 2 is 1.86 bits per heavy atom. The van der Waals surface area contributed by atoms with Gasteiger partial charge in [-0.15, -0.1) is 0 Å². The molecule has 1 fully saturated rings. The van der Waals surface area contributed by atoms with E-state index >= 15 is 0 Å². The molecule has 29 heavy (non-hydrogen) atoms. The lowest BCUT2D eigenvalue weighted by Crippen LogP contribution is -2.49. The predicted molar refractivity (Wildman–Crippen MR) is 107 cm³/mol. The molecule has 1 aliphatic carbocycles. The fraction of sp³-hybridized carbons (Fsp3) is 0.381. The van der Waals surface area contributed by atoms with Crippen molar-refractivity contribution in [3.8, 4) is 0 Å². The second kappa shape index (κ2) is 7.42. The molecular formula is C21H23FN2O4S. The number of benzene rings is 2. The molecule has 0 radical (unpaired) electrons. The normalized spacial score (nSPS) is 24.6. The van der Waals surface area contributed by atoms with Crippen molar-refractivity contribution in [3.63, 3.8) is 0 Å². The van der Waals surface area contributed by atoms with Gasteiger partial charge in [0.2, 0.25) is 10.0 Å². The lowest BCUT2D eigenvalue weighted by atomic mass is 9.80. The van der Waals surface area contributed by atoms with Gasteiger partial charge < -0.3 is 10.0 Å². The van der Waals surface area contributed by atoms with Crippen molar-refractivity contribution in [2.24, 2.45) is 0 Å². The number of fused-ring (bicyclic) bond motifs is 3. The Morgan fingerprint density at radius 1 is 1.17 bits per heavy atom. The summed E-state index contributed by atoms with van der Waals surface area (Å²) in [6.45, 7) is 1.69. The summed E-state index contributed by atoms with van der Waals surface area (Å²) in [5.74, 6) is -1.30. The molecule has 0 bridgehead atoms. The van der Waals surface area contributed by atoms with Gasteiger partial charge in [0.05, 0.1) is 4.90 Å². The first-order valence-electron chi connectivity index (χ1n) is 9.66. The lowest BCUT2D eigenvalue weighted by Gasteiger charge is -2.38. The number of hydrogen-bond donors (Lipinski definition) is 2. The summed E-state index contributed by atoms with van der Waals surface area (Å²) >= 11 is 0. The van der Waals surface area contributed by atoms with Crippen molar-refractivity contribution in [1.82, 2.24) is 4.72 Å². The van der Waals surface area contributed by atoms with Gasteiger partial charge in [0.15, 0.2) is 0 Å². The molecule has 1 aliphatic heterocycles. The minimum absolute atomic E-state index is 0.0325. The van der Waals surface area contributed by atoms with E-state index < -0.39 is 27.9 Å². The van der Waals surface area contributed by atoms with Crippen molar-refractivity contribution < 1.29 is 22.7 Å². The number of rotatable bonds is 5. The van der Waals surface area contributed by atoms with Crippen LogP contribution in [0, 0.1) is 5.82 Å². The monoisotopic (exact) mass is 418 g/mol. The minimum Gasteiger partial charge on any atom is -0.480 e. The molecule has 6 nitrogen and oxygen atoms in total. The fourth-order valence-electron chi connectivity index (χ4n) is 4.66. The molecule has 0 spiro atoms. The Hall–Kier alpha value is -2.45. The molecule has 0 amide bonds. The van der Waals surface area contributed by atoms with Gasteiger partial charge >= 0.3 is 5.97 Å². The van der Waals surface area contributed by atoms with E-state index in [-0.39, 0.29) is 22.9 Å². The number of nitrogens with one attached hydrogen (secondary N) is 1. The molecule has 4 atom stereocenters. The number of halogens is 1. The highest BCUT2D eigenvalue weighted by Crippen LogP contribution is 2.48. The SMILES string of the molecule is CC(C(=O)O)N1c2ccccc2C2CC(NS(=O)(=O)c3ccc(F)cc3)CCC21. The summed E-state index contributed by atoms with van der Waals surface area (Å²) < 4.78 is 41.3. The number of anilines is 1. The van der Waals surface area contributed by atoms with Crippen molar-refractivity contribution in [1.29, 1.82) is 0 Å². The molecule has 4 rings (SSSR count). The first-order valence-corrected chi connectivity index (χ1v) is 11.1. The molecule has 2 aliphatic rings. The van der Waals surface area contributed by atoms with E-state index in [1.807, 2.05) is 29.2 Å². The molecule has 4 unspecified atom stereocenters. The maximum atomic E-state index is 13.1.